The Balaban J connectivity index is 3.56. The third-order valence-electron chi connectivity index (χ3n) is 3.54. The predicted octanol–water partition coefficient (Wildman–Crippen LogP) is 6.06. The van der Waals surface area contributed by atoms with E-state index in [4.69, 9.17) is 0 Å². The molecule has 1 atom stereocenters. The zero-order valence-corrected chi connectivity index (χ0v) is 13.4. The maximum absolute atomic E-state index is 11.0. The quantitative estimate of drug-likeness (QED) is 0.214. The molecule has 0 aliphatic heterocycles. The van der Waals surface area contributed by atoms with Gasteiger partial charge in [-0.2, -0.15) is 0 Å². The summed E-state index contributed by atoms with van der Waals surface area (Å²) in [5.74, 6) is 0.226. The van der Waals surface area contributed by atoms with Gasteiger partial charge >= 0.3 is 0 Å². The number of rotatable bonds is 14. The predicted molar refractivity (Wildman–Crippen MR) is 89.7 cm³/mol. The highest BCUT2D eigenvalue weighted by atomic mass is 16.1. The van der Waals surface area contributed by atoms with E-state index in [-0.39, 0.29) is 5.92 Å². The van der Waals surface area contributed by atoms with Gasteiger partial charge in [-0.1, -0.05) is 76.7 Å². The van der Waals surface area contributed by atoms with Crippen molar-refractivity contribution in [3.8, 4) is 0 Å². The summed E-state index contributed by atoms with van der Waals surface area (Å²) in [5, 5.41) is 0. The minimum atomic E-state index is 0.226. The van der Waals surface area contributed by atoms with Crippen LogP contribution in [0.4, 0.5) is 0 Å². The van der Waals surface area contributed by atoms with E-state index >= 15 is 0 Å². The minimum Gasteiger partial charge on any atom is -0.303 e. The number of aldehydes is 1. The third-order valence-corrected chi connectivity index (χ3v) is 3.54. The van der Waals surface area contributed by atoms with Gasteiger partial charge in [0, 0.05) is 5.92 Å². The molecule has 20 heavy (non-hydrogen) atoms. The van der Waals surface area contributed by atoms with Gasteiger partial charge in [0.2, 0.25) is 0 Å². The Labute approximate surface area is 126 Å². The monoisotopic (exact) mass is 277 g/mol. The second kappa shape index (κ2) is 16.2. The topological polar surface area (TPSA) is 17.1 Å². The van der Waals surface area contributed by atoms with Gasteiger partial charge in [-0.05, 0) is 32.1 Å². The number of allylic oxidation sites excluding steroid dienone is 4. The second-order valence-electron chi connectivity index (χ2n) is 5.51. The highest BCUT2D eigenvalue weighted by Gasteiger charge is 2.04. The van der Waals surface area contributed by atoms with Crippen LogP contribution in [0.5, 0.6) is 0 Å². The average Bonchev–Trinajstić information content (AvgIpc) is 2.47. The first-order chi connectivity index (χ1) is 9.85. The molecule has 0 heterocycles. The lowest BCUT2D eigenvalue weighted by Gasteiger charge is -2.06. The van der Waals surface area contributed by atoms with Crippen LogP contribution in [0.25, 0.3) is 0 Å². The Morgan fingerprint density at radius 1 is 0.950 bits per heavy atom. The lowest BCUT2D eigenvalue weighted by Crippen LogP contribution is -2.00. The maximum Gasteiger partial charge on any atom is 0.123 e. The fourth-order valence-corrected chi connectivity index (χ4v) is 2.17. The Morgan fingerprint density at radius 2 is 1.75 bits per heavy atom. The average molecular weight is 277 g/mol. The van der Waals surface area contributed by atoms with Gasteiger partial charge in [-0.15, -0.1) is 0 Å². The van der Waals surface area contributed by atoms with Crippen LogP contribution in [0, 0.1) is 12.8 Å². The largest absolute Gasteiger partial charge is 0.303 e. The zero-order chi connectivity index (χ0) is 14.9. The number of hydrogen-bond donors (Lipinski definition) is 0. The fourth-order valence-electron chi connectivity index (χ4n) is 2.17. The van der Waals surface area contributed by atoms with Crippen molar-refractivity contribution < 1.29 is 4.79 Å². The minimum absolute atomic E-state index is 0.226. The molecule has 0 amide bonds. The van der Waals surface area contributed by atoms with E-state index in [1.54, 1.807) is 0 Å². The standard InChI is InChI=1S/C19H33O/c1-3-5-7-9-10-11-12-13-15-17-19(18-20)16-14-8-6-4-2/h10-11,13,15,18-19H,1,3-9,12,14,16-17H2,2H3. The van der Waals surface area contributed by atoms with Crippen molar-refractivity contribution in [2.45, 2.75) is 77.6 Å². The van der Waals surface area contributed by atoms with Gasteiger partial charge in [0.05, 0.1) is 0 Å². The van der Waals surface area contributed by atoms with Crippen molar-refractivity contribution in [1.82, 2.24) is 0 Å². The summed E-state index contributed by atoms with van der Waals surface area (Å²) in [7, 11) is 0. The molecule has 0 aromatic carbocycles. The van der Waals surface area contributed by atoms with Gasteiger partial charge in [0.15, 0.2) is 0 Å². The first-order valence-corrected chi connectivity index (χ1v) is 8.39. The number of unbranched alkanes of at least 4 members (excludes halogenated alkanes) is 6. The molecule has 0 rings (SSSR count). The Morgan fingerprint density at radius 3 is 2.45 bits per heavy atom. The molecule has 0 spiro atoms. The van der Waals surface area contributed by atoms with Gasteiger partial charge in [-0.3, -0.25) is 0 Å². The normalized spacial score (nSPS) is 13.3. The van der Waals surface area contributed by atoms with Gasteiger partial charge < -0.3 is 4.79 Å². The Bertz CT molecular complexity index is 252. The summed E-state index contributed by atoms with van der Waals surface area (Å²) in [6.07, 6.45) is 22.6. The molecule has 1 radical (unpaired) electrons. The van der Waals surface area contributed by atoms with E-state index in [0.29, 0.717) is 0 Å². The van der Waals surface area contributed by atoms with E-state index in [1.807, 2.05) is 0 Å². The number of carbonyl (C=O) groups is 1. The van der Waals surface area contributed by atoms with Crippen molar-refractivity contribution in [2.24, 2.45) is 5.92 Å². The third kappa shape index (κ3) is 13.6. The van der Waals surface area contributed by atoms with Crippen LogP contribution < -0.4 is 0 Å². The highest BCUT2D eigenvalue weighted by Crippen LogP contribution is 2.13. The number of carbonyl (C=O) groups excluding carboxylic acids is 1. The molecule has 0 saturated carbocycles. The van der Waals surface area contributed by atoms with Gasteiger partial charge in [0.1, 0.15) is 6.29 Å². The molecule has 0 aromatic rings. The molecule has 1 nitrogen and oxygen atoms in total. The molecule has 1 unspecified atom stereocenters. The van der Waals surface area contributed by atoms with Crippen LogP contribution in [0.1, 0.15) is 77.6 Å². The van der Waals surface area contributed by atoms with E-state index in [1.165, 1.54) is 38.5 Å². The highest BCUT2D eigenvalue weighted by molar-refractivity contribution is 5.53. The number of hydrogen-bond acceptors (Lipinski definition) is 1. The van der Waals surface area contributed by atoms with E-state index in [0.717, 1.165) is 38.4 Å². The molecule has 0 N–H and O–H groups in total. The van der Waals surface area contributed by atoms with E-state index < -0.39 is 0 Å². The Hall–Kier alpha value is -0.850. The molecule has 0 aliphatic carbocycles. The molecule has 0 aliphatic rings. The van der Waals surface area contributed by atoms with Crippen molar-refractivity contribution in [3.63, 3.8) is 0 Å². The molecule has 1 heteroatoms. The summed E-state index contributed by atoms with van der Waals surface area (Å²) in [6.45, 7) is 6.05. The molecule has 115 valence electrons. The van der Waals surface area contributed by atoms with Crippen LogP contribution in [-0.2, 0) is 4.79 Å². The first-order valence-electron chi connectivity index (χ1n) is 8.39. The molecule has 0 saturated heterocycles. The smallest absolute Gasteiger partial charge is 0.123 e. The second-order valence-corrected chi connectivity index (χ2v) is 5.51. The lowest BCUT2D eigenvalue weighted by molar-refractivity contribution is -0.111. The molecule has 0 aromatic heterocycles. The van der Waals surface area contributed by atoms with E-state index in [2.05, 4.69) is 38.2 Å². The zero-order valence-electron chi connectivity index (χ0n) is 13.4. The first kappa shape index (κ1) is 19.1. The summed E-state index contributed by atoms with van der Waals surface area (Å²) in [5.41, 5.74) is 0. The molecule has 0 bridgehead atoms. The van der Waals surface area contributed by atoms with Crippen LogP contribution in [-0.4, -0.2) is 6.29 Å². The van der Waals surface area contributed by atoms with Crippen LogP contribution in [0.3, 0.4) is 0 Å². The van der Waals surface area contributed by atoms with Crippen LogP contribution >= 0.6 is 0 Å². The van der Waals surface area contributed by atoms with Crippen molar-refractivity contribution >= 4 is 6.29 Å². The maximum atomic E-state index is 11.0. The van der Waals surface area contributed by atoms with Gasteiger partial charge in [0.25, 0.3) is 0 Å². The summed E-state index contributed by atoms with van der Waals surface area (Å²) in [4.78, 5) is 11.0. The summed E-state index contributed by atoms with van der Waals surface area (Å²) in [6, 6.07) is 0. The van der Waals surface area contributed by atoms with Crippen molar-refractivity contribution in [3.05, 3.63) is 31.2 Å². The van der Waals surface area contributed by atoms with Crippen molar-refractivity contribution in [2.75, 3.05) is 0 Å². The lowest BCUT2D eigenvalue weighted by atomic mass is 9.98. The molecular formula is C19H33O. The van der Waals surface area contributed by atoms with Gasteiger partial charge in [-0.25, -0.2) is 0 Å². The van der Waals surface area contributed by atoms with Crippen LogP contribution in [0.15, 0.2) is 24.3 Å². The fraction of sp³-hybridized carbons (Fsp3) is 0.684. The molecular weight excluding hydrogens is 244 g/mol. The Kier molecular flexibility index (Phi) is 15.5. The SMILES string of the molecule is [CH2]CCCCC=CCC=CCC(C=O)CCCCCC. The molecule has 0 fully saturated rings. The van der Waals surface area contributed by atoms with E-state index in [9.17, 15) is 4.79 Å². The summed E-state index contributed by atoms with van der Waals surface area (Å²) >= 11 is 0. The summed E-state index contributed by atoms with van der Waals surface area (Å²) < 4.78 is 0. The van der Waals surface area contributed by atoms with Crippen LogP contribution in [0.2, 0.25) is 0 Å². The van der Waals surface area contributed by atoms with Crippen molar-refractivity contribution in [1.29, 1.82) is 0 Å².